The highest BCUT2D eigenvalue weighted by atomic mass is 19.1. The van der Waals surface area contributed by atoms with Gasteiger partial charge in [-0.3, -0.25) is 0 Å². The van der Waals surface area contributed by atoms with Gasteiger partial charge in [0.05, 0.1) is 12.3 Å². The first-order valence-electron chi connectivity index (χ1n) is 3.67. The van der Waals surface area contributed by atoms with Crippen molar-refractivity contribution in [1.29, 1.82) is 0 Å². The van der Waals surface area contributed by atoms with E-state index < -0.39 is 0 Å². The fraction of sp³-hybridized carbons (Fsp3) is 0.500. The van der Waals surface area contributed by atoms with Gasteiger partial charge in [0.15, 0.2) is 0 Å². The molecule has 0 fully saturated rings. The molecule has 1 heterocycles. The summed E-state index contributed by atoms with van der Waals surface area (Å²) >= 11 is 0. The maximum absolute atomic E-state index is 11.7. The van der Waals surface area contributed by atoms with E-state index in [1.165, 1.54) is 0 Å². The molecule has 1 aromatic heterocycles. The van der Waals surface area contributed by atoms with E-state index >= 15 is 0 Å². The van der Waals surface area contributed by atoms with E-state index in [0.29, 0.717) is 6.54 Å². The van der Waals surface area contributed by atoms with E-state index in [2.05, 4.69) is 5.32 Å². The van der Waals surface area contributed by atoms with Gasteiger partial charge >= 0.3 is 0 Å². The molecule has 1 atom stereocenters. The summed E-state index contributed by atoms with van der Waals surface area (Å²) in [5.41, 5.74) is 0. The average Bonchev–Trinajstić information content (AvgIpc) is 2.52. The van der Waals surface area contributed by atoms with Crippen LogP contribution < -0.4 is 5.32 Å². The predicted molar refractivity (Wildman–Crippen MR) is 41.1 cm³/mol. The smallest absolute Gasteiger partial charge is 0.120 e. The van der Waals surface area contributed by atoms with Crippen molar-refractivity contribution >= 4 is 0 Å². The van der Waals surface area contributed by atoms with Gasteiger partial charge in [-0.25, -0.2) is 4.39 Å². The van der Waals surface area contributed by atoms with Gasteiger partial charge in [-0.05, 0) is 19.1 Å². The Morgan fingerprint density at radius 2 is 2.55 bits per heavy atom. The molecular weight excluding hydrogens is 145 g/mol. The largest absolute Gasteiger partial charge is 0.468 e. The molecule has 0 amide bonds. The molecule has 0 aliphatic carbocycles. The van der Waals surface area contributed by atoms with Gasteiger partial charge in [0, 0.05) is 6.54 Å². The number of hydrogen-bond donors (Lipinski definition) is 1. The molecule has 1 aromatic rings. The molecule has 0 saturated carbocycles. The van der Waals surface area contributed by atoms with Gasteiger partial charge in [0.25, 0.3) is 0 Å². The lowest BCUT2D eigenvalue weighted by molar-refractivity contribution is 0.400. The quantitative estimate of drug-likeness (QED) is 0.722. The molecule has 0 aromatic carbocycles. The van der Waals surface area contributed by atoms with Crippen LogP contribution in [0.4, 0.5) is 4.39 Å². The lowest BCUT2D eigenvalue weighted by Gasteiger charge is -2.08. The third kappa shape index (κ3) is 2.35. The Morgan fingerprint density at radius 1 is 1.73 bits per heavy atom. The Hall–Kier alpha value is -0.830. The van der Waals surface area contributed by atoms with Crippen LogP contribution in [-0.4, -0.2) is 13.2 Å². The molecule has 0 radical (unpaired) electrons. The van der Waals surface area contributed by atoms with Crippen LogP contribution in [0.2, 0.25) is 0 Å². The van der Waals surface area contributed by atoms with E-state index in [4.69, 9.17) is 4.42 Å². The van der Waals surface area contributed by atoms with Crippen molar-refractivity contribution in [1.82, 2.24) is 5.32 Å². The molecule has 1 N–H and O–H groups in total. The zero-order valence-corrected chi connectivity index (χ0v) is 6.51. The van der Waals surface area contributed by atoms with Crippen LogP contribution in [0.3, 0.4) is 0 Å². The topological polar surface area (TPSA) is 25.2 Å². The van der Waals surface area contributed by atoms with Crippen LogP contribution in [0.25, 0.3) is 0 Å². The highest BCUT2D eigenvalue weighted by molar-refractivity contribution is 5.02. The minimum atomic E-state index is -0.342. The van der Waals surface area contributed by atoms with Crippen molar-refractivity contribution in [3.63, 3.8) is 0 Å². The number of nitrogens with one attached hydrogen (secondary N) is 1. The molecule has 1 rings (SSSR count). The zero-order chi connectivity index (χ0) is 8.10. The second-order valence-electron chi connectivity index (χ2n) is 2.38. The Labute approximate surface area is 65.4 Å². The number of hydrogen-bond acceptors (Lipinski definition) is 2. The molecule has 62 valence electrons. The first-order chi connectivity index (χ1) is 5.34. The van der Waals surface area contributed by atoms with Gasteiger partial charge in [-0.1, -0.05) is 0 Å². The second kappa shape index (κ2) is 4.13. The third-order valence-corrected chi connectivity index (χ3v) is 1.51. The Balaban J connectivity index is 2.36. The van der Waals surface area contributed by atoms with E-state index in [9.17, 15) is 4.39 Å². The lowest BCUT2D eigenvalue weighted by Crippen LogP contribution is -2.20. The minimum absolute atomic E-state index is 0.0979. The maximum Gasteiger partial charge on any atom is 0.120 e. The Morgan fingerprint density at radius 3 is 3.09 bits per heavy atom. The first kappa shape index (κ1) is 8.27. The van der Waals surface area contributed by atoms with E-state index in [1.807, 2.05) is 19.1 Å². The van der Waals surface area contributed by atoms with Crippen molar-refractivity contribution in [3.05, 3.63) is 24.2 Å². The third-order valence-electron chi connectivity index (χ3n) is 1.51. The molecule has 0 saturated heterocycles. The Kier molecular flexibility index (Phi) is 3.11. The van der Waals surface area contributed by atoms with E-state index in [-0.39, 0.29) is 12.7 Å². The number of halogens is 1. The molecule has 0 unspecified atom stereocenters. The van der Waals surface area contributed by atoms with Crippen molar-refractivity contribution in [2.75, 3.05) is 13.2 Å². The summed E-state index contributed by atoms with van der Waals surface area (Å²) in [6, 6.07) is 3.79. The van der Waals surface area contributed by atoms with Crippen LogP contribution in [-0.2, 0) is 0 Å². The zero-order valence-electron chi connectivity index (χ0n) is 6.51. The molecule has 0 bridgehead atoms. The second-order valence-corrected chi connectivity index (χ2v) is 2.38. The highest BCUT2D eigenvalue weighted by Crippen LogP contribution is 2.11. The molecular formula is C8H12FNO. The van der Waals surface area contributed by atoms with E-state index in [0.717, 1.165) is 5.76 Å². The highest BCUT2D eigenvalue weighted by Gasteiger charge is 2.05. The fourth-order valence-corrected chi connectivity index (χ4v) is 0.909. The van der Waals surface area contributed by atoms with Crippen LogP contribution in [0.5, 0.6) is 0 Å². The molecule has 0 aliphatic heterocycles. The number of furan rings is 1. The van der Waals surface area contributed by atoms with Gasteiger partial charge in [-0.2, -0.15) is 0 Å². The minimum Gasteiger partial charge on any atom is -0.468 e. The van der Waals surface area contributed by atoms with Crippen LogP contribution in [0.1, 0.15) is 18.7 Å². The van der Waals surface area contributed by atoms with Crippen LogP contribution >= 0.6 is 0 Å². The van der Waals surface area contributed by atoms with Gasteiger partial charge < -0.3 is 9.73 Å². The van der Waals surface area contributed by atoms with Gasteiger partial charge in [0.2, 0.25) is 0 Å². The first-order valence-corrected chi connectivity index (χ1v) is 3.67. The molecule has 2 nitrogen and oxygen atoms in total. The average molecular weight is 157 g/mol. The SMILES string of the molecule is C[C@H](NCCF)c1ccco1. The predicted octanol–water partition coefficient (Wildman–Crippen LogP) is 1.90. The van der Waals surface area contributed by atoms with E-state index in [1.54, 1.807) is 6.26 Å². The molecule has 3 heteroatoms. The summed E-state index contributed by atoms with van der Waals surface area (Å²) in [5.74, 6) is 0.846. The standard InChI is InChI=1S/C8H12FNO/c1-7(10-5-4-9)8-3-2-6-11-8/h2-3,6-7,10H,4-5H2,1H3/t7-/m0/s1. The van der Waals surface area contributed by atoms with Crippen molar-refractivity contribution in [2.45, 2.75) is 13.0 Å². The van der Waals surface area contributed by atoms with Crippen molar-refractivity contribution < 1.29 is 8.81 Å². The molecule has 11 heavy (non-hydrogen) atoms. The maximum atomic E-state index is 11.7. The van der Waals surface area contributed by atoms with Gasteiger partial charge in [-0.15, -0.1) is 0 Å². The number of alkyl halides is 1. The molecule has 0 aliphatic rings. The lowest BCUT2D eigenvalue weighted by atomic mass is 10.2. The van der Waals surface area contributed by atoms with Crippen LogP contribution in [0.15, 0.2) is 22.8 Å². The summed E-state index contributed by atoms with van der Waals surface area (Å²) in [7, 11) is 0. The summed E-state index contributed by atoms with van der Waals surface area (Å²) in [5, 5.41) is 2.97. The Bertz CT molecular complexity index is 186. The van der Waals surface area contributed by atoms with Gasteiger partial charge in [0.1, 0.15) is 12.4 Å². The summed E-state index contributed by atoms with van der Waals surface area (Å²) < 4.78 is 16.8. The number of rotatable bonds is 4. The van der Waals surface area contributed by atoms with Crippen molar-refractivity contribution in [3.8, 4) is 0 Å². The molecule has 0 spiro atoms. The van der Waals surface area contributed by atoms with Crippen molar-refractivity contribution in [2.24, 2.45) is 0 Å². The summed E-state index contributed by atoms with van der Waals surface area (Å²) in [6.07, 6.45) is 1.61. The fourth-order valence-electron chi connectivity index (χ4n) is 0.909. The summed E-state index contributed by atoms with van der Waals surface area (Å²) in [6.45, 7) is 1.97. The normalized spacial score (nSPS) is 13.3. The van der Waals surface area contributed by atoms with Crippen LogP contribution in [0, 0.1) is 0 Å². The monoisotopic (exact) mass is 157 g/mol. The summed E-state index contributed by atoms with van der Waals surface area (Å²) in [4.78, 5) is 0.